The van der Waals surface area contributed by atoms with Gasteiger partial charge in [0.15, 0.2) is 0 Å². The summed E-state index contributed by atoms with van der Waals surface area (Å²) in [5.41, 5.74) is 0. The summed E-state index contributed by atoms with van der Waals surface area (Å²) in [4.78, 5) is 4.11. The number of methoxy groups -OCH3 is 1. The maximum absolute atomic E-state index is 5.51. The van der Waals surface area contributed by atoms with Crippen LogP contribution in [0, 0.1) is 0 Å². The minimum Gasteiger partial charge on any atom is -0.495 e. The predicted molar refractivity (Wildman–Crippen MR) is 58.9 cm³/mol. The van der Waals surface area contributed by atoms with Crippen molar-refractivity contribution in [1.29, 1.82) is 0 Å². The largest absolute Gasteiger partial charge is 0.495 e. The predicted octanol–water partition coefficient (Wildman–Crippen LogP) is 0.457. The van der Waals surface area contributed by atoms with Gasteiger partial charge in [0.05, 0.1) is 19.9 Å². The Kier molecular flexibility index (Phi) is 3.96. The Hall–Kier alpha value is -1.33. The number of rotatable bonds is 4. The van der Waals surface area contributed by atoms with Gasteiger partial charge in [0.2, 0.25) is 5.88 Å². The van der Waals surface area contributed by atoms with Crippen LogP contribution in [0.4, 0.5) is 0 Å². The van der Waals surface area contributed by atoms with Crippen molar-refractivity contribution in [3.05, 3.63) is 18.3 Å². The normalized spacial score (nSPS) is 20.4. The Morgan fingerprint density at radius 2 is 2.50 bits per heavy atom. The number of nitrogens with zero attached hydrogens (tertiary/aromatic N) is 1. The molecule has 2 rings (SSSR count). The molecule has 1 unspecified atom stereocenters. The third-order valence-electron chi connectivity index (χ3n) is 2.37. The standard InChI is InChI=1S/C11H16N2O3/c1-14-9-2-3-11(13-7-9)16-8-10-6-12-4-5-15-10/h2-3,7,10,12H,4-6,8H2,1H3. The fraction of sp³-hybridized carbons (Fsp3) is 0.545. The molecule has 0 aromatic carbocycles. The minimum absolute atomic E-state index is 0.109. The number of hydrogen-bond donors (Lipinski definition) is 1. The van der Waals surface area contributed by atoms with Crippen molar-refractivity contribution in [2.45, 2.75) is 6.10 Å². The first kappa shape index (κ1) is 11.2. The van der Waals surface area contributed by atoms with E-state index < -0.39 is 0 Å². The summed E-state index contributed by atoms with van der Waals surface area (Å²) in [6, 6.07) is 3.61. The zero-order valence-corrected chi connectivity index (χ0v) is 9.31. The molecule has 0 aliphatic carbocycles. The van der Waals surface area contributed by atoms with Gasteiger partial charge in [-0.1, -0.05) is 0 Å². The molecule has 1 aliphatic heterocycles. The highest BCUT2D eigenvalue weighted by molar-refractivity contribution is 5.22. The summed E-state index contributed by atoms with van der Waals surface area (Å²) in [6.07, 6.45) is 1.74. The van der Waals surface area contributed by atoms with Gasteiger partial charge in [0.1, 0.15) is 18.5 Å². The molecule has 2 heterocycles. The molecule has 1 saturated heterocycles. The van der Waals surface area contributed by atoms with Crippen molar-refractivity contribution in [1.82, 2.24) is 10.3 Å². The van der Waals surface area contributed by atoms with E-state index in [-0.39, 0.29) is 6.10 Å². The van der Waals surface area contributed by atoms with Crippen LogP contribution in [0.2, 0.25) is 0 Å². The minimum atomic E-state index is 0.109. The van der Waals surface area contributed by atoms with E-state index in [0.29, 0.717) is 12.5 Å². The van der Waals surface area contributed by atoms with Gasteiger partial charge in [-0.2, -0.15) is 0 Å². The molecule has 1 aromatic rings. The van der Waals surface area contributed by atoms with Gasteiger partial charge in [-0.15, -0.1) is 0 Å². The summed E-state index contributed by atoms with van der Waals surface area (Å²) >= 11 is 0. The lowest BCUT2D eigenvalue weighted by atomic mass is 10.3. The highest BCUT2D eigenvalue weighted by Crippen LogP contribution is 2.13. The summed E-state index contributed by atoms with van der Waals surface area (Å²) < 4.78 is 16.0. The molecule has 1 aromatic heterocycles. The maximum Gasteiger partial charge on any atom is 0.213 e. The van der Waals surface area contributed by atoms with Gasteiger partial charge >= 0.3 is 0 Å². The fourth-order valence-electron chi connectivity index (χ4n) is 1.48. The Balaban J connectivity index is 1.79. The van der Waals surface area contributed by atoms with E-state index in [4.69, 9.17) is 14.2 Å². The van der Waals surface area contributed by atoms with Crippen molar-refractivity contribution in [3.8, 4) is 11.6 Å². The lowest BCUT2D eigenvalue weighted by molar-refractivity contribution is -0.000753. The van der Waals surface area contributed by atoms with Crippen LogP contribution in [0.1, 0.15) is 0 Å². The molecule has 1 atom stereocenters. The van der Waals surface area contributed by atoms with Gasteiger partial charge < -0.3 is 19.5 Å². The molecule has 0 bridgehead atoms. The molecule has 5 heteroatoms. The van der Waals surface area contributed by atoms with E-state index in [1.54, 1.807) is 19.4 Å². The molecule has 88 valence electrons. The van der Waals surface area contributed by atoms with Gasteiger partial charge in [-0.25, -0.2) is 4.98 Å². The average molecular weight is 224 g/mol. The van der Waals surface area contributed by atoms with Crippen molar-refractivity contribution in [2.75, 3.05) is 33.4 Å². The number of nitrogens with one attached hydrogen (secondary N) is 1. The fourth-order valence-corrected chi connectivity index (χ4v) is 1.48. The first-order chi connectivity index (χ1) is 7.88. The first-order valence-corrected chi connectivity index (χ1v) is 5.33. The SMILES string of the molecule is COc1ccc(OCC2CNCCO2)nc1. The van der Waals surface area contributed by atoms with Crippen LogP contribution >= 0.6 is 0 Å². The Morgan fingerprint density at radius 3 is 3.12 bits per heavy atom. The van der Waals surface area contributed by atoms with Gasteiger partial charge in [-0.3, -0.25) is 0 Å². The summed E-state index contributed by atoms with van der Waals surface area (Å²) in [5, 5.41) is 3.24. The molecular formula is C11H16N2O3. The highest BCUT2D eigenvalue weighted by Gasteiger charge is 2.13. The third kappa shape index (κ3) is 3.08. The third-order valence-corrected chi connectivity index (χ3v) is 2.37. The second kappa shape index (κ2) is 5.67. The van der Waals surface area contributed by atoms with E-state index in [1.807, 2.05) is 6.07 Å². The average Bonchev–Trinajstić information content (AvgIpc) is 2.38. The van der Waals surface area contributed by atoms with Crippen molar-refractivity contribution in [3.63, 3.8) is 0 Å². The number of ether oxygens (including phenoxy) is 3. The summed E-state index contributed by atoms with van der Waals surface area (Å²) in [7, 11) is 1.61. The molecule has 0 amide bonds. The van der Waals surface area contributed by atoms with Crippen molar-refractivity contribution < 1.29 is 14.2 Å². The van der Waals surface area contributed by atoms with Crippen LogP contribution in [0.5, 0.6) is 11.6 Å². The molecule has 16 heavy (non-hydrogen) atoms. The van der Waals surface area contributed by atoms with Gasteiger partial charge in [-0.05, 0) is 6.07 Å². The van der Waals surface area contributed by atoms with Crippen LogP contribution in [0.3, 0.4) is 0 Å². The van der Waals surface area contributed by atoms with Crippen LogP contribution in [0.15, 0.2) is 18.3 Å². The highest BCUT2D eigenvalue weighted by atomic mass is 16.5. The van der Waals surface area contributed by atoms with Crippen LogP contribution in [-0.4, -0.2) is 44.5 Å². The van der Waals surface area contributed by atoms with E-state index in [0.717, 1.165) is 25.4 Å². The lowest BCUT2D eigenvalue weighted by Crippen LogP contribution is -2.41. The van der Waals surface area contributed by atoms with Gasteiger partial charge in [0.25, 0.3) is 0 Å². The molecule has 0 spiro atoms. The second-order valence-corrected chi connectivity index (χ2v) is 3.54. The molecule has 1 fully saturated rings. The van der Waals surface area contributed by atoms with E-state index in [9.17, 15) is 0 Å². The number of morpholine rings is 1. The molecule has 1 N–H and O–H groups in total. The van der Waals surface area contributed by atoms with Crippen LogP contribution in [-0.2, 0) is 4.74 Å². The van der Waals surface area contributed by atoms with Crippen molar-refractivity contribution >= 4 is 0 Å². The number of hydrogen-bond acceptors (Lipinski definition) is 5. The zero-order valence-electron chi connectivity index (χ0n) is 9.31. The van der Waals surface area contributed by atoms with Crippen LogP contribution < -0.4 is 14.8 Å². The Bertz CT molecular complexity index is 310. The van der Waals surface area contributed by atoms with Crippen molar-refractivity contribution in [2.24, 2.45) is 0 Å². The molecule has 0 saturated carbocycles. The summed E-state index contributed by atoms with van der Waals surface area (Å²) in [5.74, 6) is 1.32. The Labute approximate surface area is 94.7 Å². The topological polar surface area (TPSA) is 52.6 Å². The second-order valence-electron chi connectivity index (χ2n) is 3.54. The first-order valence-electron chi connectivity index (χ1n) is 5.33. The Morgan fingerprint density at radius 1 is 1.56 bits per heavy atom. The monoisotopic (exact) mass is 224 g/mol. The quantitative estimate of drug-likeness (QED) is 0.805. The smallest absolute Gasteiger partial charge is 0.213 e. The van der Waals surface area contributed by atoms with E-state index in [1.165, 1.54) is 0 Å². The molecule has 0 radical (unpaired) electrons. The maximum atomic E-state index is 5.51. The number of aromatic nitrogens is 1. The molecule has 1 aliphatic rings. The van der Waals surface area contributed by atoms with Crippen LogP contribution in [0.25, 0.3) is 0 Å². The van der Waals surface area contributed by atoms with E-state index in [2.05, 4.69) is 10.3 Å². The lowest BCUT2D eigenvalue weighted by Gasteiger charge is -2.23. The zero-order chi connectivity index (χ0) is 11.2. The van der Waals surface area contributed by atoms with E-state index >= 15 is 0 Å². The number of pyridine rings is 1. The molecule has 5 nitrogen and oxygen atoms in total. The summed E-state index contributed by atoms with van der Waals surface area (Å²) in [6.45, 7) is 3.00. The molecular weight excluding hydrogens is 208 g/mol. The van der Waals surface area contributed by atoms with Gasteiger partial charge in [0, 0.05) is 19.2 Å².